The number of ether oxygens (including phenoxy) is 1. The van der Waals surface area contributed by atoms with Crippen LogP contribution >= 0.6 is 0 Å². The van der Waals surface area contributed by atoms with Gasteiger partial charge in [0, 0.05) is 17.5 Å². The van der Waals surface area contributed by atoms with Crippen molar-refractivity contribution >= 4 is 0 Å². The van der Waals surface area contributed by atoms with Crippen LogP contribution in [0.4, 0.5) is 4.39 Å². The maximum Gasteiger partial charge on any atom is 0.128 e. The molecule has 20 heavy (non-hydrogen) atoms. The van der Waals surface area contributed by atoms with E-state index in [1.807, 2.05) is 13.8 Å². The summed E-state index contributed by atoms with van der Waals surface area (Å²) in [4.78, 5) is 0. The third-order valence-corrected chi connectivity index (χ3v) is 4.80. The summed E-state index contributed by atoms with van der Waals surface area (Å²) in [5.41, 5.74) is 2.89. The third kappa shape index (κ3) is 2.38. The molecular weight excluding hydrogens is 253 g/mol. The zero-order chi connectivity index (χ0) is 14.3. The smallest absolute Gasteiger partial charge is 0.128 e. The number of hydrogen-bond donors (Lipinski definition) is 1. The predicted octanol–water partition coefficient (Wildman–Crippen LogP) is 3.66. The Morgan fingerprint density at radius 1 is 1.35 bits per heavy atom. The Morgan fingerprint density at radius 2 is 2.15 bits per heavy atom. The summed E-state index contributed by atoms with van der Waals surface area (Å²) in [7, 11) is 0. The molecule has 1 N–H and O–H groups in total. The summed E-state index contributed by atoms with van der Waals surface area (Å²) in [6, 6.07) is 3.81. The first-order valence-corrected chi connectivity index (χ1v) is 7.75. The zero-order valence-electron chi connectivity index (χ0n) is 12.6. The van der Waals surface area contributed by atoms with Crippen molar-refractivity contribution in [1.29, 1.82) is 0 Å². The molecule has 2 heterocycles. The summed E-state index contributed by atoms with van der Waals surface area (Å²) in [5, 5.41) is 3.51. The Kier molecular flexibility index (Phi) is 3.83. The lowest BCUT2D eigenvalue weighted by molar-refractivity contribution is 0.0855. The molecule has 2 aliphatic heterocycles. The molecule has 1 aromatic rings. The second kappa shape index (κ2) is 5.45. The van der Waals surface area contributed by atoms with Crippen LogP contribution in [0.5, 0.6) is 0 Å². The molecule has 2 fully saturated rings. The van der Waals surface area contributed by atoms with E-state index in [2.05, 4.69) is 18.3 Å². The number of halogens is 1. The average molecular weight is 277 g/mol. The molecular formula is C17H24FNO. The standard InChI is InChI=1S/C17H24FNO/c1-4-19-17(13-9-12-5-6-15(13)20-12)16-11(3)7-10(2)8-14(16)18/h7-8,12-13,15,17,19H,4-6,9H2,1-3H3. The predicted molar refractivity (Wildman–Crippen MR) is 78.3 cm³/mol. The minimum absolute atomic E-state index is 0.0729. The molecule has 3 heteroatoms. The summed E-state index contributed by atoms with van der Waals surface area (Å²) in [6.45, 7) is 6.90. The van der Waals surface area contributed by atoms with Gasteiger partial charge in [-0.1, -0.05) is 13.0 Å². The Morgan fingerprint density at radius 3 is 2.70 bits per heavy atom. The first-order chi connectivity index (χ1) is 9.60. The molecule has 2 bridgehead atoms. The van der Waals surface area contributed by atoms with Crippen LogP contribution < -0.4 is 5.32 Å². The van der Waals surface area contributed by atoms with E-state index >= 15 is 0 Å². The van der Waals surface area contributed by atoms with E-state index in [9.17, 15) is 4.39 Å². The Labute approximate surface area is 120 Å². The van der Waals surface area contributed by atoms with E-state index in [1.54, 1.807) is 6.07 Å². The fourth-order valence-corrected chi connectivity index (χ4v) is 4.04. The average Bonchev–Trinajstić information content (AvgIpc) is 2.98. The van der Waals surface area contributed by atoms with Crippen molar-refractivity contribution in [2.45, 2.75) is 58.3 Å². The summed E-state index contributed by atoms with van der Waals surface area (Å²) >= 11 is 0. The zero-order valence-corrected chi connectivity index (χ0v) is 12.6. The molecule has 0 aromatic heterocycles. The molecule has 0 aliphatic carbocycles. The molecule has 0 amide bonds. The van der Waals surface area contributed by atoms with Crippen LogP contribution in [0.15, 0.2) is 12.1 Å². The fraction of sp³-hybridized carbons (Fsp3) is 0.647. The highest BCUT2D eigenvalue weighted by molar-refractivity contribution is 5.35. The van der Waals surface area contributed by atoms with E-state index in [4.69, 9.17) is 4.74 Å². The lowest BCUT2D eigenvalue weighted by Crippen LogP contribution is -2.34. The molecule has 110 valence electrons. The summed E-state index contributed by atoms with van der Waals surface area (Å²) in [6.07, 6.45) is 4.08. The van der Waals surface area contributed by atoms with Crippen LogP contribution in [0, 0.1) is 25.6 Å². The minimum Gasteiger partial charge on any atom is -0.375 e. The molecule has 2 aliphatic rings. The SMILES string of the molecule is CCNC(c1c(C)cc(C)cc1F)C1CC2CCC1O2. The maximum absolute atomic E-state index is 14.5. The molecule has 1 aromatic carbocycles. The van der Waals surface area contributed by atoms with Gasteiger partial charge in [0.15, 0.2) is 0 Å². The van der Waals surface area contributed by atoms with Gasteiger partial charge in [-0.05, 0) is 56.8 Å². The van der Waals surface area contributed by atoms with Crippen LogP contribution in [-0.2, 0) is 4.74 Å². The number of nitrogens with one attached hydrogen (secondary N) is 1. The Balaban J connectivity index is 1.95. The monoisotopic (exact) mass is 277 g/mol. The normalized spacial score (nSPS) is 29.9. The molecule has 4 atom stereocenters. The van der Waals surface area contributed by atoms with Crippen molar-refractivity contribution in [2.24, 2.45) is 5.92 Å². The van der Waals surface area contributed by atoms with Crippen molar-refractivity contribution in [2.75, 3.05) is 6.54 Å². The van der Waals surface area contributed by atoms with E-state index in [-0.39, 0.29) is 11.9 Å². The fourth-order valence-electron chi connectivity index (χ4n) is 4.04. The highest BCUT2D eigenvalue weighted by atomic mass is 19.1. The minimum atomic E-state index is -0.0729. The van der Waals surface area contributed by atoms with Gasteiger partial charge in [-0.25, -0.2) is 4.39 Å². The van der Waals surface area contributed by atoms with Crippen LogP contribution in [0.3, 0.4) is 0 Å². The molecule has 0 radical (unpaired) electrons. The number of rotatable bonds is 4. The van der Waals surface area contributed by atoms with Crippen molar-refractivity contribution in [3.05, 3.63) is 34.6 Å². The van der Waals surface area contributed by atoms with Gasteiger partial charge in [0.1, 0.15) is 5.82 Å². The highest BCUT2D eigenvalue weighted by Gasteiger charge is 2.45. The van der Waals surface area contributed by atoms with Gasteiger partial charge in [0.05, 0.1) is 12.2 Å². The summed E-state index contributed by atoms with van der Waals surface area (Å²) in [5.74, 6) is 0.334. The lowest BCUT2D eigenvalue weighted by atomic mass is 9.79. The Bertz CT molecular complexity index is 479. The van der Waals surface area contributed by atoms with Gasteiger partial charge in [-0.15, -0.1) is 0 Å². The van der Waals surface area contributed by atoms with Gasteiger partial charge in [-0.2, -0.15) is 0 Å². The molecule has 0 spiro atoms. The molecule has 2 nitrogen and oxygen atoms in total. The van der Waals surface area contributed by atoms with Crippen molar-refractivity contribution in [3.63, 3.8) is 0 Å². The molecule has 3 rings (SSSR count). The first-order valence-electron chi connectivity index (χ1n) is 7.75. The van der Waals surface area contributed by atoms with Gasteiger partial charge in [0.25, 0.3) is 0 Å². The number of hydrogen-bond acceptors (Lipinski definition) is 2. The largest absolute Gasteiger partial charge is 0.375 e. The van der Waals surface area contributed by atoms with Crippen molar-refractivity contribution in [3.8, 4) is 0 Å². The van der Waals surface area contributed by atoms with Gasteiger partial charge >= 0.3 is 0 Å². The van der Waals surface area contributed by atoms with Crippen LogP contribution in [-0.4, -0.2) is 18.8 Å². The van der Waals surface area contributed by atoms with E-state index < -0.39 is 0 Å². The molecule has 2 saturated heterocycles. The lowest BCUT2D eigenvalue weighted by Gasteiger charge is -2.31. The summed E-state index contributed by atoms with van der Waals surface area (Å²) < 4.78 is 20.5. The van der Waals surface area contributed by atoms with Crippen molar-refractivity contribution in [1.82, 2.24) is 5.32 Å². The van der Waals surface area contributed by atoms with Crippen LogP contribution in [0.25, 0.3) is 0 Å². The number of fused-ring (bicyclic) bond motifs is 2. The molecule has 4 unspecified atom stereocenters. The van der Waals surface area contributed by atoms with Gasteiger partial charge in [-0.3, -0.25) is 0 Å². The van der Waals surface area contributed by atoms with E-state index in [1.165, 1.54) is 6.42 Å². The van der Waals surface area contributed by atoms with Gasteiger partial charge < -0.3 is 10.1 Å². The highest BCUT2D eigenvalue weighted by Crippen LogP contribution is 2.45. The number of benzene rings is 1. The van der Waals surface area contributed by atoms with Crippen LogP contribution in [0.1, 0.15) is 48.9 Å². The second-order valence-corrected chi connectivity index (χ2v) is 6.29. The number of aryl methyl sites for hydroxylation is 2. The van der Waals surface area contributed by atoms with E-state index in [0.29, 0.717) is 18.1 Å². The van der Waals surface area contributed by atoms with Crippen LogP contribution in [0.2, 0.25) is 0 Å². The second-order valence-electron chi connectivity index (χ2n) is 6.29. The third-order valence-electron chi connectivity index (χ3n) is 4.80. The first kappa shape index (κ1) is 14.0. The molecule has 0 saturated carbocycles. The van der Waals surface area contributed by atoms with Gasteiger partial charge in [0.2, 0.25) is 0 Å². The Hall–Kier alpha value is -0.930. The topological polar surface area (TPSA) is 21.3 Å². The maximum atomic E-state index is 14.5. The van der Waals surface area contributed by atoms with E-state index in [0.717, 1.165) is 36.1 Å². The quantitative estimate of drug-likeness (QED) is 0.907. The van der Waals surface area contributed by atoms with Crippen molar-refractivity contribution < 1.29 is 9.13 Å².